The average Bonchev–Trinajstić information content (AvgIpc) is 2.80. The van der Waals surface area contributed by atoms with E-state index in [-0.39, 0.29) is 0 Å². The summed E-state index contributed by atoms with van der Waals surface area (Å²) < 4.78 is 0. The van der Waals surface area contributed by atoms with Crippen molar-refractivity contribution in [3.05, 3.63) is 0 Å². The van der Waals surface area contributed by atoms with Gasteiger partial charge in [-0.1, -0.05) is 12.8 Å². The van der Waals surface area contributed by atoms with Gasteiger partial charge in [-0.2, -0.15) is 0 Å². The van der Waals surface area contributed by atoms with E-state index in [2.05, 4.69) is 4.90 Å². The van der Waals surface area contributed by atoms with E-state index >= 15 is 0 Å². The highest BCUT2D eigenvalue weighted by Crippen LogP contribution is 2.32. The topological polar surface area (TPSA) is 23.5 Å². The SMILES string of the molecule is OCCN(CC1CC1)C1CCCC1. The van der Waals surface area contributed by atoms with Crippen LogP contribution >= 0.6 is 0 Å². The van der Waals surface area contributed by atoms with Gasteiger partial charge in [0.15, 0.2) is 0 Å². The zero-order valence-corrected chi connectivity index (χ0v) is 8.41. The van der Waals surface area contributed by atoms with Crippen LogP contribution in [0.2, 0.25) is 0 Å². The molecule has 0 amide bonds. The van der Waals surface area contributed by atoms with Crippen LogP contribution in [-0.2, 0) is 0 Å². The summed E-state index contributed by atoms with van der Waals surface area (Å²) >= 11 is 0. The zero-order chi connectivity index (χ0) is 9.10. The van der Waals surface area contributed by atoms with Crippen molar-refractivity contribution in [2.75, 3.05) is 19.7 Å². The first-order chi connectivity index (χ1) is 6.40. The normalized spacial score (nSPS) is 24.5. The van der Waals surface area contributed by atoms with Gasteiger partial charge in [-0.05, 0) is 31.6 Å². The highest BCUT2D eigenvalue weighted by molar-refractivity contribution is 4.83. The molecule has 0 saturated heterocycles. The first-order valence-electron chi connectivity index (χ1n) is 5.75. The lowest BCUT2D eigenvalue weighted by Gasteiger charge is -2.27. The van der Waals surface area contributed by atoms with Gasteiger partial charge in [-0.15, -0.1) is 0 Å². The van der Waals surface area contributed by atoms with E-state index < -0.39 is 0 Å². The van der Waals surface area contributed by atoms with E-state index in [0.29, 0.717) is 6.61 Å². The van der Waals surface area contributed by atoms with Crippen LogP contribution in [0.15, 0.2) is 0 Å². The van der Waals surface area contributed by atoms with Crippen LogP contribution in [0.4, 0.5) is 0 Å². The van der Waals surface area contributed by atoms with Crippen LogP contribution in [0, 0.1) is 5.92 Å². The Morgan fingerprint density at radius 2 is 1.77 bits per heavy atom. The second kappa shape index (κ2) is 4.43. The fourth-order valence-electron chi connectivity index (χ4n) is 2.45. The largest absolute Gasteiger partial charge is 0.395 e. The smallest absolute Gasteiger partial charge is 0.0558 e. The fourth-order valence-corrected chi connectivity index (χ4v) is 2.45. The van der Waals surface area contributed by atoms with Crippen LogP contribution in [0.25, 0.3) is 0 Å². The third-order valence-corrected chi connectivity index (χ3v) is 3.42. The molecule has 1 N–H and O–H groups in total. The molecule has 0 bridgehead atoms. The molecule has 13 heavy (non-hydrogen) atoms. The molecule has 2 saturated carbocycles. The maximum atomic E-state index is 8.99. The van der Waals surface area contributed by atoms with Gasteiger partial charge >= 0.3 is 0 Å². The molecule has 0 aromatic rings. The molecular weight excluding hydrogens is 162 g/mol. The third-order valence-electron chi connectivity index (χ3n) is 3.42. The summed E-state index contributed by atoms with van der Waals surface area (Å²) in [7, 11) is 0. The lowest BCUT2D eigenvalue weighted by atomic mass is 10.2. The Bertz CT molecular complexity index is 150. The van der Waals surface area contributed by atoms with Crippen molar-refractivity contribution in [3.63, 3.8) is 0 Å². The van der Waals surface area contributed by atoms with Gasteiger partial charge in [0.1, 0.15) is 0 Å². The minimum absolute atomic E-state index is 0.337. The van der Waals surface area contributed by atoms with Crippen LogP contribution in [-0.4, -0.2) is 35.7 Å². The van der Waals surface area contributed by atoms with Crippen molar-refractivity contribution in [3.8, 4) is 0 Å². The summed E-state index contributed by atoms with van der Waals surface area (Å²) in [4.78, 5) is 2.53. The first kappa shape index (κ1) is 9.47. The van der Waals surface area contributed by atoms with Crippen LogP contribution < -0.4 is 0 Å². The number of aliphatic hydroxyl groups excluding tert-OH is 1. The minimum atomic E-state index is 0.337. The van der Waals surface area contributed by atoms with Gasteiger partial charge < -0.3 is 5.11 Å². The van der Waals surface area contributed by atoms with Gasteiger partial charge in [0, 0.05) is 19.1 Å². The number of rotatable bonds is 5. The van der Waals surface area contributed by atoms with Crippen molar-refractivity contribution >= 4 is 0 Å². The minimum Gasteiger partial charge on any atom is -0.395 e. The average molecular weight is 183 g/mol. The van der Waals surface area contributed by atoms with E-state index in [1.807, 2.05) is 0 Å². The molecule has 2 nitrogen and oxygen atoms in total. The van der Waals surface area contributed by atoms with Crippen LogP contribution in [0.5, 0.6) is 0 Å². The third kappa shape index (κ3) is 2.68. The van der Waals surface area contributed by atoms with E-state index in [4.69, 9.17) is 5.11 Å². The Labute approximate surface area is 80.9 Å². The highest BCUT2D eigenvalue weighted by Gasteiger charge is 2.28. The second-order valence-corrected chi connectivity index (χ2v) is 4.60. The summed E-state index contributed by atoms with van der Waals surface area (Å²) in [5.41, 5.74) is 0. The molecule has 2 heteroatoms. The van der Waals surface area contributed by atoms with Gasteiger partial charge in [0.2, 0.25) is 0 Å². The van der Waals surface area contributed by atoms with Gasteiger partial charge in [-0.25, -0.2) is 0 Å². The lowest BCUT2D eigenvalue weighted by molar-refractivity contribution is 0.146. The molecule has 0 atom stereocenters. The molecular formula is C11H21NO. The summed E-state index contributed by atoms with van der Waals surface area (Å²) in [5.74, 6) is 0.965. The van der Waals surface area contributed by atoms with Gasteiger partial charge in [0.25, 0.3) is 0 Å². The summed E-state index contributed by atoms with van der Waals surface area (Å²) in [6.45, 7) is 2.50. The summed E-state index contributed by atoms with van der Waals surface area (Å²) in [5, 5.41) is 8.99. The molecule has 0 aromatic carbocycles. The molecule has 0 heterocycles. The fraction of sp³-hybridized carbons (Fsp3) is 1.00. The Kier molecular flexibility index (Phi) is 3.23. The number of aliphatic hydroxyl groups is 1. The Morgan fingerprint density at radius 1 is 1.08 bits per heavy atom. The molecule has 0 spiro atoms. The molecule has 2 aliphatic rings. The van der Waals surface area contributed by atoms with Crippen LogP contribution in [0.1, 0.15) is 38.5 Å². The quantitative estimate of drug-likeness (QED) is 0.700. The van der Waals surface area contributed by atoms with E-state index in [1.165, 1.54) is 45.1 Å². The highest BCUT2D eigenvalue weighted by atomic mass is 16.3. The molecule has 0 radical (unpaired) electrons. The Hall–Kier alpha value is -0.0800. The van der Waals surface area contributed by atoms with E-state index in [9.17, 15) is 0 Å². The second-order valence-electron chi connectivity index (χ2n) is 4.60. The predicted octanol–water partition coefficient (Wildman–Crippen LogP) is 1.63. The monoisotopic (exact) mass is 183 g/mol. The van der Waals surface area contributed by atoms with Crippen molar-refractivity contribution in [1.29, 1.82) is 0 Å². The van der Waals surface area contributed by atoms with E-state index in [0.717, 1.165) is 18.5 Å². The molecule has 2 aliphatic carbocycles. The van der Waals surface area contributed by atoms with Gasteiger partial charge in [-0.3, -0.25) is 4.90 Å². The Balaban J connectivity index is 1.79. The van der Waals surface area contributed by atoms with E-state index in [1.54, 1.807) is 0 Å². The predicted molar refractivity (Wildman–Crippen MR) is 53.6 cm³/mol. The molecule has 0 aromatic heterocycles. The number of nitrogens with zero attached hydrogens (tertiary/aromatic N) is 1. The van der Waals surface area contributed by atoms with Crippen molar-refractivity contribution in [2.24, 2.45) is 5.92 Å². The van der Waals surface area contributed by atoms with Crippen molar-refractivity contribution in [2.45, 2.75) is 44.6 Å². The van der Waals surface area contributed by atoms with Gasteiger partial charge in [0.05, 0.1) is 6.61 Å². The maximum absolute atomic E-state index is 8.99. The standard InChI is InChI=1S/C11H21NO/c13-8-7-12(9-10-5-6-10)11-3-1-2-4-11/h10-11,13H,1-9H2. The molecule has 2 fully saturated rings. The molecule has 0 unspecified atom stereocenters. The summed E-state index contributed by atoms with van der Waals surface area (Å²) in [6, 6.07) is 0.799. The zero-order valence-electron chi connectivity index (χ0n) is 8.41. The Morgan fingerprint density at radius 3 is 2.31 bits per heavy atom. The first-order valence-corrected chi connectivity index (χ1v) is 5.75. The maximum Gasteiger partial charge on any atom is 0.0558 e. The summed E-state index contributed by atoms with van der Waals surface area (Å²) in [6.07, 6.45) is 8.39. The molecule has 0 aliphatic heterocycles. The van der Waals surface area contributed by atoms with Crippen molar-refractivity contribution in [1.82, 2.24) is 4.90 Å². The number of hydrogen-bond donors (Lipinski definition) is 1. The lowest BCUT2D eigenvalue weighted by Crippen LogP contribution is -2.37. The molecule has 2 rings (SSSR count). The molecule has 76 valence electrons. The number of hydrogen-bond acceptors (Lipinski definition) is 2. The van der Waals surface area contributed by atoms with Crippen LogP contribution in [0.3, 0.4) is 0 Å². The van der Waals surface area contributed by atoms with Crippen molar-refractivity contribution < 1.29 is 5.11 Å².